The third-order valence-corrected chi connectivity index (χ3v) is 7.72. The maximum absolute atomic E-state index is 12.8. The van der Waals surface area contributed by atoms with Crippen molar-refractivity contribution in [2.75, 3.05) is 45.7 Å². The summed E-state index contributed by atoms with van der Waals surface area (Å²) in [7, 11) is 3.80. The van der Waals surface area contributed by atoms with Gasteiger partial charge in [-0.3, -0.25) is 9.69 Å². The first kappa shape index (κ1) is 26.6. The minimum absolute atomic E-state index is 0.0954. The number of methoxy groups -OCH3 is 1. The Kier molecular flexibility index (Phi) is 8.56. The van der Waals surface area contributed by atoms with Crippen LogP contribution in [0.4, 0.5) is 11.6 Å². The van der Waals surface area contributed by atoms with Crippen molar-refractivity contribution in [3.05, 3.63) is 64.3 Å². The van der Waals surface area contributed by atoms with Gasteiger partial charge in [-0.2, -0.15) is 0 Å². The molecule has 2 aromatic carbocycles. The monoisotopic (exact) mass is 578 g/mol. The summed E-state index contributed by atoms with van der Waals surface area (Å²) in [4.78, 5) is 26.8. The molecule has 0 radical (unpaired) electrons. The highest BCUT2D eigenvalue weighted by atomic mass is 79.9. The van der Waals surface area contributed by atoms with Crippen LogP contribution < -0.4 is 15.4 Å². The molecule has 2 N–H and O–H groups in total. The van der Waals surface area contributed by atoms with E-state index in [0.717, 1.165) is 84.7 Å². The summed E-state index contributed by atoms with van der Waals surface area (Å²) in [5, 5.41) is 6.56. The lowest BCUT2D eigenvalue weighted by atomic mass is 9.95. The molecule has 1 amide bonds. The van der Waals surface area contributed by atoms with Crippen molar-refractivity contribution in [2.45, 2.75) is 32.4 Å². The maximum atomic E-state index is 12.8. The van der Waals surface area contributed by atoms with Crippen LogP contribution in [-0.2, 0) is 17.9 Å². The zero-order valence-electron chi connectivity index (χ0n) is 22.0. The number of amides is 1. The molecule has 0 atom stereocenters. The number of carbonyl (C=O) groups is 1. The second-order valence-corrected chi connectivity index (χ2v) is 11.1. The molecule has 4 heterocycles. The third-order valence-electron chi connectivity index (χ3n) is 7.27. The number of nitrogens with zero attached hydrogens (tertiary/aromatic N) is 4. The van der Waals surface area contributed by atoms with Gasteiger partial charge in [-0.15, -0.1) is 0 Å². The molecule has 1 saturated heterocycles. The molecule has 9 heteroatoms. The molecule has 1 aromatic heterocycles. The summed E-state index contributed by atoms with van der Waals surface area (Å²) >= 11 is 3.67. The van der Waals surface area contributed by atoms with Crippen molar-refractivity contribution in [1.29, 1.82) is 0 Å². The van der Waals surface area contributed by atoms with E-state index in [9.17, 15) is 4.79 Å². The van der Waals surface area contributed by atoms with Gasteiger partial charge in [0, 0.05) is 53.0 Å². The highest BCUT2D eigenvalue weighted by molar-refractivity contribution is 9.10. The van der Waals surface area contributed by atoms with Crippen LogP contribution in [0.15, 0.2) is 53.1 Å². The Hall–Kier alpha value is -3.01. The summed E-state index contributed by atoms with van der Waals surface area (Å²) in [6.45, 7) is 4.98. The molecule has 0 aliphatic carbocycles. The molecule has 38 heavy (non-hydrogen) atoms. The molecule has 0 spiro atoms. The van der Waals surface area contributed by atoms with Crippen LogP contribution in [0.5, 0.6) is 5.75 Å². The van der Waals surface area contributed by atoms with Crippen LogP contribution >= 0.6 is 15.9 Å². The number of rotatable bonds is 1. The van der Waals surface area contributed by atoms with Gasteiger partial charge >= 0.3 is 0 Å². The Labute approximate surface area is 232 Å². The van der Waals surface area contributed by atoms with Gasteiger partial charge in [0.25, 0.3) is 0 Å². The minimum Gasteiger partial charge on any atom is -0.496 e. The molecule has 1 fully saturated rings. The number of piperidine rings is 1. The van der Waals surface area contributed by atoms with Gasteiger partial charge in [-0.1, -0.05) is 15.9 Å². The van der Waals surface area contributed by atoms with Crippen LogP contribution in [0.2, 0.25) is 0 Å². The van der Waals surface area contributed by atoms with Gasteiger partial charge in [0.05, 0.1) is 12.8 Å². The summed E-state index contributed by atoms with van der Waals surface area (Å²) in [6.07, 6.45) is 4.47. The average Bonchev–Trinajstić information content (AvgIpc) is 2.91. The van der Waals surface area contributed by atoms with Gasteiger partial charge in [-0.05, 0) is 94.0 Å². The normalized spacial score (nSPS) is 21.0. The van der Waals surface area contributed by atoms with E-state index >= 15 is 0 Å². The summed E-state index contributed by atoms with van der Waals surface area (Å²) < 4.78 is 6.65. The van der Waals surface area contributed by atoms with Crippen LogP contribution in [0.3, 0.4) is 0 Å². The molecule has 3 aromatic rings. The lowest BCUT2D eigenvalue weighted by Gasteiger charge is -2.31. The first-order valence-electron chi connectivity index (χ1n) is 13.2. The van der Waals surface area contributed by atoms with Gasteiger partial charge < -0.3 is 20.3 Å². The van der Waals surface area contributed by atoms with E-state index in [2.05, 4.69) is 66.6 Å². The molecule has 200 valence electrons. The molecular formula is C29H35BrN6O2. The second-order valence-electron chi connectivity index (χ2n) is 10.2. The highest BCUT2D eigenvalue weighted by Gasteiger charge is 2.25. The van der Waals surface area contributed by atoms with Gasteiger partial charge in [0.15, 0.2) is 0 Å². The van der Waals surface area contributed by atoms with E-state index in [4.69, 9.17) is 9.72 Å². The molecule has 0 saturated carbocycles. The minimum atomic E-state index is 0.0954. The zero-order chi connectivity index (χ0) is 26.5. The summed E-state index contributed by atoms with van der Waals surface area (Å²) in [5.74, 6) is 1.69. The number of fused-ring (bicyclic) bond motifs is 8. The van der Waals surface area contributed by atoms with Crippen molar-refractivity contribution in [1.82, 2.24) is 25.1 Å². The maximum Gasteiger partial charge on any atom is 0.227 e. The van der Waals surface area contributed by atoms with Crippen molar-refractivity contribution in [3.8, 4) is 17.0 Å². The van der Waals surface area contributed by atoms with Gasteiger partial charge in [0.1, 0.15) is 5.75 Å². The number of aromatic nitrogens is 2. The Morgan fingerprint density at radius 3 is 2.71 bits per heavy atom. The van der Waals surface area contributed by atoms with Crippen molar-refractivity contribution in [2.24, 2.45) is 5.92 Å². The quantitative estimate of drug-likeness (QED) is 0.428. The molecule has 3 aliphatic heterocycles. The fraction of sp³-hybridized carbons (Fsp3) is 0.414. The van der Waals surface area contributed by atoms with Gasteiger partial charge in [-0.25, -0.2) is 9.97 Å². The Bertz CT molecular complexity index is 1280. The van der Waals surface area contributed by atoms with E-state index in [1.54, 1.807) is 13.3 Å². The van der Waals surface area contributed by atoms with Crippen LogP contribution in [-0.4, -0.2) is 66.0 Å². The van der Waals surface area contributed by atoms with E-state index in [0.29, 0.717) is 12.5 Å². The molecule has 0 unspecified atom stereocenters. The standard InChI is InChI=1S/C29H35BrN6O2/c1-35-11-3-9-31-28(37)21-7-12-36(13-8-21)18-20-14-24(30)17-25(15-20)33-29-32-10-6-26(34-29)22-4-5-27(38-2)23(16-22)19-35/h4-6,10,14-17,21H,3,7-9,11-13,18-19H2,1-2H3,(H,31,37)(H,32,33,34). The molecule has 6 rings (SSSR count). The molecule has 8 bridgehead atoms. The lowest BCUT2D eigenvalue weighted by Crippen LogP contribution is -2.40. The Morgan fingerprint density at radius 2 is 1.89 bits per heavy atom. The van der Waals surface area contributed by atoms with Gasteiger partial charge in [0.2, 0.25) is 11.9 Å². The smallest absolute Gasteiger partial charge is 0.227 e. The first-order chi connectivity index (χ1) is 18.5. The lowest BCUT2D eigenvalue weighted by molar-refractivity contribution is -0.126. The number of hydrogen-bond acceptors (Lipinski definition) is 7. The number of anilines is 2. The molecule has 3 aliphatic rings. The summed E-state index contributed by atoms with van der Waals surface area (Å²) in [5.41, 5.74) is 5.08. The predicted octanol–water partition coefficient (Wildman–Crippen LogP) is 4.82. The number of carbonyl (C=O) groups excluding carboxylic acids is 1. The van der Waals surface area contributed by atoms with E-state index in [1.807, 2.05) is 24.3 Å². The van der Waals surface area contributed by atoms with E-state index in [-0.39, 0.29) is 11.8 Å². The number of hydrogen-bond donors (Lipinski definition) is 2. The van der Waals surface area contributed by atoms with Crippen LogP contribution in [0, 0.1) is 5.92 Å². The topological polar surface area (TPSA) is 82.6 Å². The van der Waals surface area contributed by atoms with E-state index in [1.165, 1.54) is 5.56 Å². The second kappa shape index (κ2) is 12.2. The van der Waals surface area contributed by atoms with Crippen LogP contribution in [0.1, 0.15) is 30.4 Å². The number of benzene rings is 2. The van der Waals surface area contributed by atoms with E-state index < -0.39 is 0 Å². The Balaban J connectivity index is 1.45. The molecular weight excluding hydrogens is 544 g/mol. The number of ether oxygens (including phenoxy) is 1. The largest absolute Gasteiger partial charge is 0.496 e. The number of halogens is 1. The van der Waals surface area contributed by atoms with Crippen molar-refractivity contribution in [3.63, 3.8) is 0 Å². The Morgan fingerprint density at radius 1 is 1.05 bits per heavy atom. The fourth-order valence-corrected chi connectivity index (χ4v) is 5.81. The first-order valence-corrected chi connectivity index (χ1v) is 14.0. The predicted molar refractivity (Wildman–Crippen MR) is 153 cm³/mol. The summed E-state index contributed by atoms with van der Waals surface area (Å²) in [6, 6.07) is 14.4. The zero-order valence-corrected chi connectivity index (χ0v) is 23.6. The molecule has 8 nitrogen and oxygen atoms in total. The average molecular weight is 580 g/mol. The SMILES string of the molecule is COc1ccc2cc1CN(C)CCCNC(=O)C1CCN(CC1)Cc1cc(Br)cc(c1)Nc1nccc-2n1. The van der Waals surface area contributed by atoms with Crippen LogP contribution in [0.25, 0.3) is 11.3 Å². The highest BCUT2D eigenvalue weighted by Crippen LogP contribution is 2.29. The fourth-order valence-electron chi connectivity index (χ4n) is 5.27. The van der Waals surface area contributed by atoms with Crippen molar-refractivity contribution < 1.29 is 9.53 Å². The third kappa shape index (κ3) is 6.70. The van der Waals surface area contributed by atoms with Crippen molar-refractivity contribution >= 4 is 33.5 Å². The number of nitrogens with one attached hydrogen (secondary N) is 2.